The number of aromatic nitrogens is 2. The van der Waals surface area contributed by atoms with Crippen LogP contribution in [0, 0.1) is 0 Å². The van der Waals surface area contributed by atoms with Gasteiger partial charge in [-0.05, 0) is 50.6 Å². The number of hydrogen-bond donors (Lipinski definition) is 1. The molecule has 8 nitrogen and oxygen atoms in total. The number of hydrogen-bond acceptors (Lipinski definition) is 6. The van der Waals surface area contributed by atoms with Gasteiger partial charge in [-0.1, -0.05) is 6.42 Å². The van der Waals surface area contributed by atoms with Crippen molar-refractivity contribution < 1.29 is 27.8 Å². The standard InChI is InChI=1S/C25H30F2N4O4/c1-28-24(32)23-20(33-2)13-17(14-21(23)35-25(26)27)19-16-29-22-15-18(7-11-31(19)22)34-12-6-10-30-8-4-3-5-9-30/h7,11,13-16,25H,3-6,8-10,12H2,1-2H3,(H,28,32). The molecule has 188 valence electrons. The number of carbonyl (C=O) groups is 1. The minimum atomic E-state index is -3.10. The fourth-order valence-corrected chi connectivity index (χ4v) is 4.36. The summed E-state index contributed by atoms with van der Waals surface area (Å²) in [5, 5.41) is 2.42. The molecule has 1 aliphatic heterocycles. The lowest BCUT2D eigenvalue weighted by atomic mass is 10.1. The third kappa shape index (κ3) is 5.82. The number of halogens is 2. The highest BCUT2D eigenvalue weighted by Gasteiger charge is 2.23. The first-order valence-electron chi connectivity index (χ1n) is 11.7. The fraction of sp³-hybridized carbons (Fsp3) is 0.440. The van der Waals surface area contributed by atoms with Crippen molar-refractivity contribution in [3.05, 3.63) is 42.2 Å². The Balaban J connectivity index is 1.54. The number of imidazole rings is 1. The summed E-state index contributed by atoms with van der Waals surface area (Å²) in [5.74, 6) is -0.0507. The first kappa shape index (κ1) is 24.7. The highest BCUT2D eigenvalue weighted by Crippen LogP contribution is 2.36. The quantitative estimate of drug-likeness (QED) is 0.431. The highest BCUT2D eigenvalue weighted by atomic mass is 19.3. The summed E-state index contributed by atoms with van der Waals surface area (Å²) < 4.78 is 43.9. The van der Waals surface area contributed by atoms with Gasteiger partial charge in [0.25, 0.3) is 5.91 Å². The predicted octanol–water partition coefficient (Wildman–Crippen LogP) is 4.23. The molecule has 4 rings (SSSR count). The number of likely N-dealkylation sites (tertiary alicyclic amines) is 1. The van der Waals surface area contributed by atoms with Crippen LogP contribution in [0.3, 0.4) is 0 Å². The van der Waals surface area contributed by atoms with Crippen LogP contribution in [-0.4, -0.2) is 67.2 Å². The van der Waals surface area contributed by atoms with Gasteiger partial charge in [0.1, 0.15) is 28.5 Å². The number of benzene rings is 1. The number of pyridine rings is 1. The number of fused-ring (bicyclic) bond motifs is 1. The van der Waals surface area contributed by atoms with Gasteiger partial charge < -0.3 is 24.4 Å². The second-order valence-corrected chi connectivity index (χ2v) is 8.35. The third-order valence-electron chi connectivity index (χ3n) is 6.07. The Kier molecular flexibility index (Phi) is 8.02. The summed E-state index contributed by atoms with van der Waals surface area (Å²) in [4.78, 5) is 19.2. The normalized spacial score (nSPS) is 14.3. The van der Waals surface area contributed by atoms with E-state index in [2.05, 4.69) is 19.9 Å². The predicted molar refractivity (Wildman–Crippen MR) is 128 cm³/mol. The molecule has 1 aromatic carbocycles. The molecular weight excluding hydrogens is 458 g/mol. The first-order chi connectivity index (χ1) is 17.0. The fourth-order valence-electron chi connectivity index (χ4n) is 4.36. The van der Waals surface area contributed by atoms with Crippen LogP contribution in [0.5, 0.6) is 17.2 Å². The number of nitrogens with zero attached hydrogens (tertiary/aromatic N) is 3. The minimum absolute atomic E-state index is 0.104. The SMILES string of the molecule is CNC(=O)c1c(OC)cc(-c2cnc3cc(OCCCN4CCCCC4)ccn23)cc1OC(F)F. The number of nitrogens with one attached hydrogen (secondary N) is 1. The maximum atomic E-state index is 13.1. The van der Waals surface area contributed by atoms with E-state index >= 15 is 0 Å². The van der Waals surface area contributed by atoms with Crippen LogP contribution >= 0.6 is 0 Å². The Bertz CT molecular complexity index is 1160. The summed E-state index contributed by atoms with van der Waals surface area (Å²) in [5.41, 5.74) is 1.66. The van der Waals surface area contributed by atoms with E-state index in [1.54, 1.807) is 16.7 Å². The maximum Gasteiger partial charge on any atom is 0.387 e. The number of methoxy groups -OCH3 is 1. The zero-order valence-electron chi connectivity index (χ0n) is 19.9. The van der Waals surface area contributed by atoms with E-state index in [1.165, 1.54) is 52.6 Å². The molecule has 1 N–H and O–H groups in total. The summed E-state index contributed by atoms with van der Waals surface area (Å²) in [6.07, 6.45) is 8.26. The second-order valence-electron chi connectivity index (χ2n) is 8.35. The van der Waals surface area contributed by atoms with E-state index < -0.39 is 12.5 Å². The Hall–Kier alpha value is -3.40. The molecule has 0 radical (unpaired) electrons. The molecule has 2 aromatic heterocycles. The van der Waals surface area contributed by atoms with E-state index in [1.807, 2.05) is 18.3 Å². The van der Waals surface area contributed by atoms with Crippen LogP contribution in [0.25, 0.3) is 16.9 Å². The minimum Gasteiger partial charge on any atom is -0.496 e. The van der Waals surface area contributed by atoms with E-state index in [0.29, 0.717) is 29.3 Å². The van der Waals surface area contributed by atoms with Crippen molar-refractivity contribution in [2.24, 2.45) is 0 Å². The van der Waals surface area contributed by atoms with Crippen molar-refractivity contribution >= 4 is 11.6 Å². The molecule has 1 amide bonds. The number of alkyl halides is 2. The molecular formula is C25H30F2N4O4. The number of carbonyl (C=O) groups excluding carboxylic acids is 1. The van der Waals surface area contributed by atoms with E-state index in [4.69, 9.17) is 9.47 Å². The van der Waals surface area contributed by atoms with E-state index in [9.17, 15) is 13.6 Å². The smallest absolute Gasteiger partial charge is 0.387 e. The summed E-state index contributed by atoms with van der Waals surface area (Å²) in [6.45, 7) is 0.887. The van der Waals surface area contributed by atoms with Gasteiger partial charge >= 0.3 is 6.61 Å². The monoisotopic (exact) mass is 488 g/mol. The zero-order valence-corrected chi connectivity index (χ0v) is 19.9. The van der Waals surface area contributed by atoms with E-state index in [0.717, 1.165) is 13.0 Å². The molecule has 0 spiro atoms. The van der Waals surface area contributed by atoms with Gasteiger partial charge in [0.05, 0.1) is 25.6 Å². The first-order valence-corrected chi connectivity index (χ1v) is 11.7. The van der Waals surface area contributed by atoms with Crippen LogP contribution in [0.2, 0.25) is 0 Å². The Labute approximate surface area is 202 Å². The number of amides is 1. The van der Waals surface area contributed by atoms with Crippen molar-refractivity contribution in [1.82, 2.24) is 19.6 Å². The van der Waals surface area contributed by atoms with Crippen molar-refractivity contribution in [3.63, 3.8) is 0 Å². The molecule has 35 heavy (non-hydrogen) atoms. The molecule has 3 aromatic rings. The van der Waals surface area contributed by atoms with E-state index in [-0.39, 0.29) is 17.1 Å². The Morgan fingerprint density at radius 1 is 1.17 bits per heavy atom. The second kappa shape index (κ2) is 11.4. The van der Waals surface area contributed by atoms with Crippen LogP contribution in [0.4, 0.5) is 8.78 Å². The number of ether oxygens (including phenoxy) is 3. The van der Waals surface area contributed by atoms with Crippen molar-refractivity contribution in [2.75, 3.05) is 40.4 Å². The lowest BCUT2D eigenvalue weighted by molar-refractivity contribution is -0.0502. The van der Waals surface area contributed by atoms with Gasteiger partial charge in [-0.2, -0.15) is 8.78 Å². The Morgan fingerprint density at radius 3 is 2.66 bits per heavy atom. The lowest BCUT2D eigenvalue weighted by Gasteiger charge is -2.26. The maximum absolute atomic E-state index is 13.1. The molecule has 3 heterocycles. The number of piperidine rings is 1. The topological polar surface area (TPSA) is 77.3 Å². The molecule has 1 aliphatic rings. The van der Waals surface area contributed by atoms with Gasteiger partial charge in [-0.25, -0.2) is 4.98 Å². The molecule has 10 heteroatoms. The highest BCUT2D eigenvalue weighted by molar-refractivity contribution is 6.00. The molecule has 0 unspecified atom stereocenters. The van der Waals surface area contributed by atoms with Crippen LogP contribution in [0.1, 0.15) is 36.0 Å². The molecule has 1 fully saturated rings. The molecule has 0 aliphatic carbocycles. The van der Waals surface area contributed by atoms with Crippen molar-refractivity contribution in [2.45, 2.75) is 32.3 Å². The van der Waals surface area contributed by atoms with Gasteiger partial charge in [0.2, 0.25) is 0 Å². The van der Waals surface area contributed by atoms with Crippen molar-refractivity contribution in [3.8, 4) is 28.5 Å². The summed E-state index contributed by atoms with van der Waals surface area (Å²) in [6, 6.07) is 6.65. The summed E-state index contributed by atoms with van der Waals surface area (Å²) >= 11 is 0. The Morgan fingerprint density at radius 2 is 1.94 bits per heavy atom. The van der Waals surface area contributed by atoms with Crippen molar-refractivity contribution in [1.29, 1.82) is 0 Å². The molecule has 0 atom stereocenters. The number of rotatable bonds is 10. The summed E-state index contributed by atoms with van der Waals surface area (Å²) in [7, 11) is 2.76. The van der Waals surface area contributed by atoms with Crippen LogP contribution < -0.4 is 19.5 Å². The van der Waals surface area contributed by atoms with Gasteiger partial charge in [-0.3, -0.25) is 9.20 Å². The van der Waals surface area contributed by atoms with Gasteiger partial charge in [-0.15, -0.1) is 0 Å². The average Bonchev–Trinajstić information content (AvgIpc) is 3.29. The van der Waals surface area contributed by atoms with Gasteiger partial charge in [0.15, 0.2) is 0 Å². The zero-order chi connectivity index (χ0) is 24.8. The van der Waals surface area contributed by atoms with Crippen LogP contribution in [0.15, 0.2) is 36.7 Å². The average molecular weight is 489 g/mol. The molecule has 0 saturated carbocycles. The van der Waals surface area contributed by atoms with Gasteiger partial charge in [0, 0.05) is 31.4 Å². The molecule has 1 saturated heterocycles. The lowest BCUT2D eigenvalue weighted by Crippen LogP contribution is -2.31. The largest absolute Gasteiger partial charge is 0.496 e. The van der Waals surface area contributed by atoms with Crippen LogP contribution in [-0.2, 0) is 0 Å². The molecule has 0 bridgehead atoms. The third-order valence-corrected chi connectivity index (χ3v) is 6.07.